The molecule has 2 aliphatic rings. The molecule has 1 aromatic rings. The first-order chi connectivity index (χ1) is 13.2. The van der Waals surface area contributed by atoms with Crippen LogP contribution in [0.15, 0.2) is 35.3 Å². The van der Waals surface area contributed by atoms with Crippen molar-refractivity contribution in [2.75, 3.05) is 39.9 Å². The number of hydrogen-bond donors (Lipinski definition) is 1. The molecular weight excluding hydrogens is 469 g/mol. The lowest BCUT2D eigenvalue weighted by Gasteiger charge is -2.34. The number of benzene rings is 1. The molecule has 0 bridgehead atoms. The molecule has 0 radical (unpaired) electrons. The van der Waals surface area contributed by atoms with Gasteiger partial charge in [0.15, 0.2) is 5.96 Å². The van der Waals surface area contributed by atoms with Crippen molar-refractivity contribution in [3.8, 4) is 5.75 Å². The van der Waals surface area contributed by atoms with Gasteiger partial charge in [0.2, 0.25) is 0 Å². The number of guanidine groups is 1. The standard InChI is InChI=1S/C21H33N3O3.HI/c1-17(27-19-7-4-3-5-8-19)15-23-21(22-2)24-12-10-18(11-13-24)26-16-20-9-6-14-25-20;/h3-5,7-8,17-18,20H,6,9-16H2,1-2H3,(H,22,23);1H. The van der Waals surface area contributed by atoms with Crippen LogP contribution in [0, 0.1) is 0 Å². The van der Waals surface area contributed by atoms with Gasteiger partial charge >= 0.3 is 0 Å². The predicted octanol–water partition coefficient (Wildman–Crippen LogP) is 3.31. The molecule has 2 heterocycles. The highest BCUT2D eigenvalue weighted by Crippen LogP contribution is 2.18. The van der Waals surface area contributed by atoms with Crippen molar-refractivity contribution in [2.45, 2.75) is 50.9 Å². The molecule has 0 saturated carbocycles. The number of para-hydroxylation sites is 1. The van der Waals surface area contributed by atoms with Gasteiger partial charge in [-0.2, -0.15) is 0 Å². The number of hydrogen-bond acceptors (Lipinski definition) is 4. The molecule has 0 amide bonds. The van der Waals surface area contributed by atoms with Gasteiger partial charge in [0, 0.05) is 26.7 Å². The fourth-order valence-electron chi connectivity index (χ4n) is 3.59. The zero-order valence-corrected chi connectivity index (χ0v) is 19.3. The molecular formula is C21H34IN3O3. The lowest BCUT2D eigenvalue weighted by Crippen LogP contribution is -2.49. The molecule has 1 N–H and O–H groups in total. The van der Waals surface area contributed by atoms with E-state index in [9.17, 15) is 0 Å². The van der Waals surface area contributed by atoms with Crippen molar-refractivity contribution in [1.29, 1.82) is 0 Å². The molecule has 7 heteroatoms. The summed E-state index contributed by atoms with van der Waals surface area (Å²) < 4.78 is 17.6. The Morgan fingerprint density at radius 1 is 1.25 bits per heavy atom. The van der Waals surface area contributed by atoms with Crippen molar-refractivity contribution >= 4 is 29.9 Å². The van der Waals surface area contributed by atoms with Gasteiger partial charge in [0.1, 0.15) is 11.9 Å². The summed E-state index contributed by atoms with van der Waals surface area (Å²) in [4.78, 5) is 6.75. The van der Waals surface area contributed by atoms with E-state index < -0.39 is 0 Å². The molecule has 1 aromatic carbocycles. The molecule has 2 atom stereocenters. The topological polar surface area (TPSA) is 55.3 Å². The van der Waals surface area contributed by atoms with Gasteiger partial charge in [-0.15, -0.1) is 24.0 Å². The van der Waals surface area contributed by atoms with Crippen LogP contribution in [0.5, 0.6) is 5.75 Å². The third kappa shape index (κ3) is 7.40. The third-order valence-corrected chi connectivity index (χ3v) is 5.12. The molecule has 3 rings (SSSR count). The highest BCUT2D eigenvalue weighted by molar-refractivity contribution is 14.0. The summed E-state index contributed by atoms with van der Waals surface area (Å²) in [5, 5.41) is 3.44. The van der Waals surface area contributed by atoms with E-state index in [1.807, 2.05) is 37.4 Å². The van der Waals surface area contributed by atoms with Gasteiger partial charge in [-0.25, -0.2) is 0 Å². The average molecular weight is 503 g/mol. The van der Waals surface area contributed by atoms with E-state index in [1.54, 1.807) is 0 Å². The molecule has 0 aromatic heterocycles. The van der Waals surface area contributed by atoms with E-state index in [0.717, 1.165) is 63.8 Å². The summed E-state index contributed by atoms with van der Waals surface area (Å²) in [7, 11) is 1.84. The van der Waals surface area contributed by atoms with Crippen LogP contribution < -0.4 is 10.1 Å². The van der Waals surface area contributed by atoms with Gasteiger partial charge in [-0.1, -0.05) is 18.2 Å². The first kappa shape index (κ1) is 23.2. The SMILES string of the molecule is CN=C(NCC(C)Oc1ccccc1)N1CCC(OCC2CCCO2)CC1.I. The average Bonchev–Trinajstić information content (AvgIpc) is 3.22. The highest BCUT2D eigenvalue weighted by atomic mass is 127. The maximum absolute atomic E-state index is 6.06. The molecule has 6 nitrogen and oxygen atoms in total. The Morgan fingerprint density at radius 3 is 2.64 bits per heavy atom. The fraction of sp³-hybridized carbons (Fsp3) is 0.667. The van der Waals surface area contributed by atoms with E-state index in [-0.39, 0.29) is 30.1 Å². The van der Waals surface area contributed by atoms with Gasteiger partial charge in [0.25, 0.3) is 0 Å². The second-order valence-corrected chi connectivity index (χ2v) is 7.32. The van der Waals surface area contributed by atoms with Crippen LogP contribution >= 0.6 is 24.0 Å². The number of aliphatic imine (C=N–C) groups is 1. The Labute approximate surface area is 186 Å². The summed E-state index contributed by atoms with van der Waals surface area (Å²) >= 11 is 0. The van der Waals surface area contributed by atoms with Crippen LogP contribution in [0.2, 0.25) is 0 Å². The Bertz CT molecular complexity index is 574. The lowest BCUT2D eigenvalue weighted by atomic mass is 10.1. The number of halogens is 1. The number of ether oxygens (including phenoxy) is 3. The fourth-order valence-corrected chi connectivity index (χ4v) is 3.59. The Hall–Kier alpha value is -1.06. The summed E-state index contributed by atoms with van der Waals surface area (Å²) in [6, 6.07) is 9.92. The minimum absolute atomic E-state index is 0. The number of piperidine rings is 1. The second-order valence-electron chi connectivity index (χ2n) is 7.32. The maximum atomic E-state index is 6.06. The zero-order chi connectivity index (χ0) is 18.9. The Morgan fingerprint density at radius 2 is 2.00 bits per heavy atom. The van der Waals surface area contributed by atoms with Gasteiger partial charge in [-0.05, 0) is 44.7 Å². The van der Waals surface area contributed by atoms with Crippen molar-refractivity contribution in [3.05, 3.63) is 30.3 Å². The monoisotopic (exact) mass is 503 g/mol. The third-order valence-electron chi connectivity index (χ3n) is 5.12. The molecule has 2 aliphatic heterocycles. The summed E-state index contributed by atoms with van der Waals surface area (Å²) in [6.45, 7) is 6.34. The molecule has 0 aliphatic carbocycles. The predicted molar refractivity (Wildman–Crippen MR) is 123 cm³/mol. The van der Waals surface area contributed by atoms with Crippen LogP contribution in [0.1, 0.15) is 32.6 Å². The van der Waals surface area contributed by atoms with Crippen molar-refractivity contribution in [3.63, 3.8) is 0 Å². The van der Waals surface area contributed by atoms with Crippen molar-refractivity contribution in [1.82, 2.24) is 10.2 Å². The summed E-state index contributed by atoms with van der Waals surface area (Å²) in [5.41, 5.74) is 0. The van der Waals surface area contributed by atoms with Crippen LogP contribution in [-0.2, 0) is 9.47 Å². The lowest BCUT2D eigenvalue weighted by molar-refractivity contribution is -0.0367. The molecule has 158 valence electrons. The van der Waals surface area contributed by atoms with E-state index in [0.29, 0.717) is 12.2 Å². The molecule has 2 unspecified atom stereocenters. The quantitative estimate of drug-likeness (QED) is 0.352. The largest absolute Gasteiger partial charge is 0.489 e. The van der Waals surface area contributed by atoms with Crippen LogP contribution in [0.4, 0.5) is 0 Å². The first-order valence-corrected chi connectivity index (χ1v) is 10.1. The highest BCUT2D eigenvalue weighted by Gasteiger charge is 2.24. The van der Waals surface area contributed by atoms with E-state index >= 15 is 0 Å². The van der Waals surface area contributed by atoms with E-state index in [1.165, 1.54) is 6.42 Å². The number of rotatable bonds is 7. The normalized spacial score (nSPS) is 21.9. The maximum Gasteiger partial charge on any atom is 0.193 e. The van der Waals surface area contributed by atoms with Crippen molar-refractivity contribution in [2.24, 2.45) is 4.99 Å². The zero-order valence-electron chi connectivity index (χ0n) is 17.0. The second kappa shape index (κ2) is 12.5. The molecule has 2 saturated heterocycles. The number of likely N-dealkylation sites (tertiary alicyclic amines) is 1. The summed E-state index contributed by atoms with van der Waals surface area (Å²) in [5.74, 6) is 1.84. The molecule has 2 fully saturated rings. The van der Waals surface area contributed by atoms with E-state index in [4.69, 9.17) is 14.2 Å². The van der Waals surface area contributed by atoms with E-state index in [2.05, 4.69) is 22.1 Å². The van der Waals surface area contributed by atoms with Gasteiger partial charge in [-0.3, -0.25) is 4.99 Å². The molecule has 28 heavy (non-hydrogen) atoms. The molecule has 0 spiro atoms. The van der Waals surface area contributed by atoms with Crippen LogP contribution in [0.25, 0.3) is 0 Å². The smallest absolute Gasteiger partial charge is 0.193 e. The van der Waals surface area contributed by atoms with Crippen LogP contribution in [0.3, 0.4) is 0 Å². The van der Waals surface area contributed by atoms with Crippen molar-refractivity contribution < 1.29 is 14.2 Å². The Balaban J connectivity index is 0.00000280. The van der Waals surface area contributed by atoms with Gasteiger partial charge < -0.3 is 24.4 Å². The summed E-state index contributed by atoms with van der Waals surface area (Å²) in [6.07, 6.45) is 5.08. The first-order valence-electron chi connectivity index (χ1n) is 10.1. The Kier molecular flexibility index (Phi) is 10.4. The number of nitrogens with zero attached hydrogens (tertiary/aromatic N) is 2. The number of nitrogens with one attached hydrogen (secondary N) is 1. The minimum atomic E-state index is 0. The van der Waals surface area contributed by atoms with Gasteiger partial charge in [0.05, 0.1) is 25.4 Å². The minimum Gasteiger partial charge on any atom is -0.489 e. The van der Waals surface area contributed by atoms with Crippen LogP contribution in [-0.4, -0.2) is 69.1 Å².